The van der Waals surface area contributed by atoms with Crippen LogP contribution in [-0.2, 0) is 9.47 Å². The maximum absolute atomic E-state index is 4.80. The Kier molecular flexibility index (Phi) is 5.38. The van der Waals surface area contributed by atoms with E-state index in [1.54, 1.807) is 13.2 Å². The fraction of sp³-hybridized carbons (Fsp3) is 0.333. The fourth-order valence-corrected chi connectivity index (χ4v) is 0.218. The van der Waals surface area contributed by atoms with Gasteiger partial charge in [-0.25, -0.2) is 0 Å². The van der Waals surface area contributed by atoms with Crippen LogP contribution in [0.3, 0.4) is 0 Å². The largest absolute Gasteiger partial charge is 0.501 e. The van der Waals surface area contributed by atoms with Crippen LogP contribution in [0.2, 0.25) is 0 Å². The molecule has 2 heteroatoms. The highest BCUT2D eigenvalue weighted by Crippen LogP contribution is 1.76. The molecule has 0 heterocycles. The third-order valence-electron chi connectivity index (χ3n) is 0.502. The van der Waals surface area contributed by atoms with Gasteiger partial charge in [0.1, 0.15) is 19.1 Å². The summed E-state index contributed by atoms with van der Waals surface area (Å²) in [6.45, 7) is 3.99. The molecule has 0 N–H and O–H groups in total. The van der Waals surface area contributed by atoms with Crippen LogP contribution in [0, 0.1) is 0 Å². The third-order valence-corrected chi connectivity index (χ3v) is 0.502. The van der Waals surface area contributed by atoms with Crippen LogP contribution in [0.25, 0.3) is 0 Å². The van der Waals surface area contributed by atoms with Gasteiger partial charge in [0, 0.05) is 0 Å². The van der Waals surface area contributed by atoms with Gasteiger partial charge < -0.3 is 9.47 Å². The van der Waals surface area contributed by atoms with Gasteiger partial charge in [-0.2, -0.15) is 0 Å². The van der Waals surface area contributed by atoms with E-state index in [-0.39, 0.29) is 0 Å². The number of hydrogen-bond donors (Lipinski definition) is 0. The van der Waals surface area contributed by atoms with Crippen LogP contribution >= 0.6 is 0 Å². The van der Waals surface area contributed by atoms with Gasteiger partial charge in [-0.15, -0.1) is 0 Å². The minimum Gasteiger partial charge on any atom is -0.501 e. The standard InChI is InChI=1S/C6H10O2/c1-3-4-8-6-5-7-2/h3,5-6H,1,4H2,2H3. The predicted molar refractivity (Wildman–Crippen MR) is 32.3 cm³/mol. The molecule has 2 nitrogen and oxygen atoms in total. The van der Waals surface area contributed by atoms with Crippen molar-refractivity contribution < 1.29 is 9.47 Å². The molecule has 0 atom stereocenters. The van der Waals surface area contributed by atoms with Crippen molar-refractivity contribution in [2.24, 2.45) is 0 Å². The summed E-state index contributed by atoms with van der Waals surface area (Å²) in [6.07, 6.45) is 4.60. The Balaban J connectivity index is 2.90. The second-order valence-corrected chi connectivity index (χ2v) is 1.13. The van der Waals surface area contributed by atoms with Crippen LogP contribution in [0.15, 0.2) is 25.2 Å². The molecule has 0 aliphatic carbocycles. The van der Waals surface area contributed by atoms with Crippen molar-refractivity contribution in [3.63, 3.8) is 0 Å². The first-order valence-corrected chi connectivity index (χ1v) is 2.32. The van der Waals surface area contributed by atoms with Crippen LogP contribution in [0.5, 0.6) is 0 Å². The van der Waals surface area contributed by atoms with E-state index in [2.05, 4.69) is 11.3 Å². The Morgan fingerprint density at radius 1 is 1.50 bits per heavy atom. The van der Waals surface area contributed by atoms with Crippen LogP contribution in [0.4, 0.5) is 0 Å². The molecular weight excluding hydrogens is 104 g/mol. The molecule has 0 aromatic heterocycles. The van der Waals surface area contributed by atoms with Gasteiger partial charge in [0.05, 0.1) is 7.11 Å². The van der Waals surface area contributed by atoms with E-state index in [1.165, 1.54) is 12.5 Å². The molecule has 0 rings (SSSR count). The molecule has 0 fully saturated rings. The Morgan fingerprint density at radius 3 is 2.75 bits per heavy atom. The van der Waals surface area contributed by atoms with Crippen molar-refractivity contribution in [3.8, 4) is 0 Å². The molecule has 0 aliphatic rings. The predicted octanol–water partition coefficient (Wildman–Crippen LogP) is 1.31. The Hall–Kier alpha value is -0.920. The van der Waals surface area contributed by atoms with Crippen LogP contribution in [0.1, 0.15) is 0 Å². The zero-order valence-electron chi connectivity index (χ0n) is 4.96. The van der Waals surface area contributed by atoms with Crippen LogP contribution < -0.4 is 0 Å². The van der Waals surface area contributed by atoms with E-state index in [4.69, 9.17) is 4.74 Å². The minimum atomic E-state index is 0.528. The first kappa shape index (κ1) is 7.08. The molecule has 0 saturated carbocycles. The molecule has 0 aromatic rings. The van der Waals surface area contributed by atoms with Crippen LogP contribution in [-0.4, -0.2) is 13.7 Å². The summed E-state index contributed by atoms with van der Waals surface area (Å²) >= 11 is 0. The van der Waals surface area contributed by atoms with Crippen molar-refractivity contribution in [1.82, 2.24) is 0 Å². The molecule has 0 radical (unpaired) electrons. The van der Waals surface area contributed by atoms with Gasteiger partial charge >= 0.3 is 0 Å². The van der Waals surface area contributed by atoms with E-state index in [0.29, 0.717) is 6.61 Å². The fourth-order valence-electron chi connectivity index (χ4n) is 0.218. The average molecular weight is 114 g/mol. The normalized spacial score (nSPS) is 9.12. The van der Waals surface area contributed by atoms with Gasteiger partial charge in [0.25, 0.3) is 0 Å². The third kappa shape index (κ3) is 5.08. The van der Waals surface area contributed by atoms with E-state index in [0.717, 1.165) is 0 Å². The molecule has 0 aromatic carbocycles. The van der Waals surface area contributed by atoms with Crippen molar-refractivity contribution in [2.75, 3.05) is 13.7 Å². The van der Waals surface area contributed by atoms with E-state index in [1.807, 2.05) is 0 Å². The quantitative estimate of drug-likeness (QED) is 0.311. The summed E-state index contributed by atoms with van der Waals surface area (Å²) in [6, 6.07) is 0. The highest BCUT2D eigenvalue weighted by Gasteiger charge is 1.67. The highest BCUT2D eigenvalue weighted by atomic mass is 16.5. The van der Waals surface area contributed by atoms with Gasteiger partial charge in [-0.05, 0) is 0 Å². The maximum atomic E-state index is 4.80. The zero-order valence-corrected chi connectivity index (χ0v) is 4.96. The number of methoxy groups -OCH3 is 1. The Labute approximate surface area is 49.4 Å². The molecule has 46 valence electrons. The molecule has 0 bridgehead atoms. The summed E-state index contributed by atoms with van der Waals surface area (Å²) in [7, 11) is 1.56. The topological polar surface area (TPSA) is 18.5 Å². The first-order valence-electron chi connectivity index (χ1n) is 2.32. The maximum Gasteiger partial charge on any atom is 0.118 e. The average Bonchev–Trinajstić information content (AvgIpc) is 1.81. The van der Waals surface area contributed by atoms with Crippen molar-refractivity contribution in [1.29, 1.82) is 0 Å². The SMILES string of the molecule is C=CCOC=COC. The Bertz CT molecular complexity index is 76.6. The lowest BCUT2D eigenvalue weighted by atomic mass is 10.7. The van der Waals surface area contributed by atoms with Crippen molar-refractivity contribution in [3.05, 3.63) is 25.2 Å². The number of ether oxygens (including phenoxy) is 2. The van der Waals surface area contributed by atoms with E-state index in [9.17, 15) is 0 Å². The molecule has 0 saturated heterocycles. The van der Waals surface area contributed by atoms with E-state index >= 15 is 0 Å². The molecule has 0 spiro atoms. The van der Waals surface area contributed by atoms with Gasteiger partial charge in [-0.3, -0.25) is 0 Å². The lowest BCUT2D eigenvalue weighted by Gasteiger charge is -1.90. The van der Waals surface area contributed by atoms with Gasteiger partial charge in [0.2, 0.25) is 0 Å². The second-order valence-electron chi connectivity index (χ2n) is 1.13. The summed E-state index contributed by atoms with van der Waals surface area (Å²) in [5.41, 5.74) is 0. The number of hydrogen-bond acceptors (Lipinski definition) is 2. The van der Waals surface area contributed by atoms with Crippen molar-refractivity contribution >= 4 is 0 Å². The Morgan fingerprint density at radius 2 is 2.25 bits per heavy atom. The molecule has 0 amide bonds. The monoisotopic (exact) mass is 114 g/mol. The smallest absolute Gasteiger partial charge is 0.118 e. The summed E-state index contributed by atoms with van der Waals surface area (Å²) in [4.78, 5) is 0. The highest BCUT2D eigenvalue weighted by molar-refractivity contribution is 4.68. The van der Waals surface area contributed by atoms with E-state index < -0.39 is 0 Å². The molecule has 0 aliphatic heterocycles. The lowest BCUT2D eigenvalue weighted by molar-refractivity contribution is 0.257. The molecule has 8 heavy (non-hydrogen) atoms. The summed E-state index contributed by atoms with van der Waals surface area (Å²) in [5, 5.41) is 0. The lowest BCUT2D eigenvalue weighted by Crippen LogP contribution is -1.78. The molecule has 0 unspecified atom stereocenters. The zero-order chi connectivity index (χ0) is 6.24. The second kappa shape index (κ2) is 6.08. The van der Waals surface area contributed by atoms with Gasteiger partial charge in [0.15, 0.2) is 0 Å². The minimum absolute atomic E-state index is 0.528. The molecular formula is C6H10O2. The van der Waals surface area contributed by atoms with Crippen molar-refractivity contribution in [2.45, 2.75) is 0 Å². The summed E-state index contributed by atoms with van der Waals surface area (Å²) < 4.78 is 9.35. The summed E-state index contributed by atoms with van der Waals surface area (Å²) in [5.74, 6) is 0. The first-order chi connectivity index (χ1) is 3.91. The number of rotatable bonds is 4. The van der Waals surface area contributed by atoms with Gasteiger partial charge in [-0.1, -0.05) is 12.7 Å².